The van der Waals surface area contributed by atoms with Gasteiger partial charge in [-0.25, -0.2) is 4.98 Å². The van der Waals surface area contributed by atoms with Gasteiger partial charge in [0.25, 0.3) is 0 Å². The molecule has 0 saturated heterocycles. The van der Waals surface area contributed by atoms with Crippen LogP contribution in [0.25, 0.3) is 0 Å². The normalized spacial score (nSPS) is 34.7. The zero-order chi connectivity index (χ0) is 12.9. The summed E-state index contributed by atoms with van der Waals surface area (Å²) >= 11 is 1.92. The van der Waals surface area contributed by atoms with Crippen molar-refractivity contribution in [3.05, 3.63) is 15.6 Å². The molecule has 2 bridgehead atoms. The third-order valence-corrected chi connectivity index (χ3v) is 6.06. The molecule has 3 atom stereocenters. The minimum absolute atomic E-state index is 0.195. The Morgan fingerprint density at radius 2 is 2.11 bits per heavy atom. The van der Waals surface area contributed by atoms with Crippen LogP contribution in [0.1, 0.15) is 55.1 Å². The fourth-order valence-electron chi connectivity index (χ4n) is 4.01. The van der Waals surface area contributed by atoms with Crippen LogP contribution >= 0.6 is 11.3 Å². The monoisotopic (exact) mass is 264 g/mol. The molecule has 3 rings (SSSR count). The minimum atomic E-state index is 0.195. The van der Waals surface area contributed by atoms with E-state index >= 15 is 0 Å². The van der Waals surface area contributed by atoms with Crippen LogP contribution in [-0.2, 0) is 5.54 Å². The second-order valence-electron chi connectivity index (χ2n) is 6.51. The highest BCUT2D eigenvalue weighted by Gasteiger charge is 2.53. The zero-order valence-electron chi connectivity index (χ0n) is 11.9. The van der Waals surface area contributed by atoms with Gasteiger partial charge < -0.3 is 5.32 Å². The van der Waals surface area contributed by atoms with Crippen molar-refractivity contribution in [1.29, 1.82) is 0 Å². The lowest BCUT2D eigenvalue weighted by molar-refractivity contribution is 0.193. The Kier molecular flexibility index (Phi) is 3.02. The molecule has 2 aliphatic carbocycles. The molecule has 18 heavy (non-hydrogen) atoms. The first-order valence-electron chi connectivity index (χ1n) is 7.23. The van der Waals surface area contributed by atoms with E-state index < -0.39 is 0 Å². The van der Waals surface area contributed by atoms with E-state index in [1.54, 1.807) is 0 Å². The summed E-state index contributed by atoms with van der Waals surface area (Å²) in [5.74, 6) is 1.75. The Morgan fingerprint density at radius 3 is 2.56 bits per heavy atom. The van der Waals surface area contributed by atoms with E-state index in [4.69, 9.17) is 4.98 Å². The molecule has 0 radical (unpaired) electrons. The molecule has 100 valence electrons. The van der Waals surface area contributed by atoms with Crippen molar-refractivity contribution >= 4 is 11.3 Å². The first-order chi connectivity index (χ1) is 8.51. The number of fused-ring (bicyclic) bond motifs is 2. The van der Waals surface area contributed by atoms with Crippen LogP contribution in [0.2, 0.25) is 0 Å². The van der Waals surface area contributed by atoms with Crippen molar-refractivity contribution in [2.24, 2.45) is 11.8 Å². The van der Waals surface area contributed by atoms with Gasteiger partial charge in [-0.2, -0.15) is 0 Å². The quantitative estimate of drug-likeness (QED) is 0.899. The first kappa shape index (κ1) is 12.6. The van der Waals surface area contributed by atoms with E-state index in [1.165, 1.54) is 41.3 Å². The predicted octanol–water partition coefficient (Wildman–Crippen LogP) is 3.77. The molecule has 2 aliphatic rings. The molecule has 3 unspecified atom stereocenters. The van der Waals surface area contributed by atoms with Crippen molar-refractivity contribution in [1.82, 2.24) is 10.3 Å². The van der Waals surface area contributed by atoms with Crippen LogP contribution in [0.3, 0.4) is 0 Å². The molecule has 0 spiro atoms. The van der Waals surface area contributed by atoms with Gasteiger partial charge >= 0.3 is 0 Å². The molecule has 0 aliphatic heterocycles. The lowest BCUT2D eigenvalue weighted by atomic mass is 9.80. The summed E-state index contributed by atoms with van der Waals surface area (Å²) in [6.45, 7) is 8.88. The standard InChI is InChI=1S/C15H24N2S/c1-9(2)17-15(8-12-5-6-13(15)7-12)14-16-10(3)11(4)18-14/h9,12-13,17H,5-8H2,1-4H3. The van der Waals surface area contributed by atoms with Crippen molar-refractivity contribution in [3.63, 3.8) is 0 Å². The summed E-state index contributed by atoms with van der Waals surface area (Å²) in [5.41, 5.74) is 1.42. The minimum Gasteiger partial charge on any atom is -0.303 e. The molecule has 1 heterocycles. The smallest absolute Gasteiger partial charge is 0.114 e. The van der Waals surface area contributed by atoms with Gasteiger partial charge in [-0.1, -0.05) is 6.42 Å². The van der Waals surface area contributed by atoms with Gasteiger partial charge in [-0.3, -0.25) is 0 Å². The van der Waals surface area contributed by atoms with E-state index in [0.29, 0.717) is 6.04 Å². The van der Waals surface area contributed by atoms with Crippen LogP contribution in [0, 0.1) is 25.7 Å². The maximum atomic E-state index is 4.89. The molecule has 1 aromatic heterocycles. The highest BCUT2D eigenvalue weighted by atomic mass is 32.1. The molecule has 0 aromatic carbocycles. The lowest BCUT2D eigenvalue weighted by Gasteiger charge is -2.38. The molecule has 2 saturated carbocycles. The average molecular weight is 264 g/mol. The summed E-state index contributed by atoms with van der Waals surface area (Å²) in [6.07, 6.45) is 5.55. The molecular weight excluding hydrogens is 240 g/mol. The number of rotatable bonds is 3. The average Bonchev–Trinajstić information content (AvgIpc) is 2.94. The van der Waals surface area contributed by atoms with E-state index in [-0.39, 0.29) is 5.54 Å². The predicted molar refractivity (Wildman–Crippen MR) is 77.0 cm³/mol. The number of thiazole rings is 1. The maximum Gasteiger partial charge on any atom is 0.114 e. The fraction of sp³-hybridized carbons (Fsp3) is 0.800. The number of aryl methyl sites for hydroxylation is 2. The van der Waals surface area contributed by atoms with Crippen LogP contribution in [-0.4, -0.2) is 11.0 Å². The van der Waals surface area contributed by atoms with E-state index in [0.717, 1.165) is 11.8 Å². The summed E-state index contributed by atoms with van der Waals surface area (Å²) in [5, 5.41) is 5.25. The third-order valence-electron chi connectivity index (χ3n) is 4.81. The number of nitrogens with zero attached hydrogens (tertiary/aromatic N) is 1. The molecule has 1 N–H and O–H groups in total. The zero-order valence-corrected chi connectivity index (χ0v) is 12.7. The van der Waals surface area contributed by atoms with Crippen LogP contribution in [0.5, 0.6) is 0 Å². The Morgan fingerprint density at radius 1 is 1.33 bits per heavy atom. The summed E-state index contributed by atoms with van der Waals surface area (Å²) in [4.78, 5) is 6.28. The van der Waals surface area contributed by atoms with Gasteiger partial charge in [0.1, 0.15) is 5.01 Å². The second-order valence-corrected chi connectivity index (χ2v) is 7.71. The van der Waals surface area contributed by atoms with Crippen molar-refractivity contribution in [2.45, 2.75) is 65.0 Å². The molecular formula is C15H24N2S. The van der Waals surface area contributed by atoms with E-state index in [2.05, 4.69) is 33.0 Å². The number of aromatic nitrogens is 1. The Balaban J connectivity index is 2.00. The van der Waals surface area contributed by atoms with Crippen LogP contribution in [0.4, 0.5) is 0 Å². The van der Waals surface area contributed by atoms with E-state index in [1.807, 2.05) is 11.3 Å². The highest BCUT2D eigenvalue weighted by molar-refractivity contribution is 7.11. The topological polar surface area (TPSA) is 24.9 Å². The second kappa shape index (κ2) is 4.31. The first-order valence-corrected chi connectivity index (χ1v) is 8.05. The van der Waals surface area contributed by atoms with Gasteiger partial charge in [-0.15, -0.1) is 11.3 Å². The summed E-state index contributed by atoms with van der Waals surface area (Å²) in [6, 6.07) is 0.536. The van der Waals surface area contributed by atoms with Crippen molar-refractivity contribution in [3.8, 4) is 0 Å². The van der Waals surface area contributed by atoms with Crippen molar-refractivity contribution < 1.29 is 0 Å². The maximum absolute atomic E-state index is 4.89. The highest BCUT2D eigenvalue weighted by Crippen LogP contribution is 2.56. The summed E-state index contributed by atoms with van der Waals surface area (Å²) in [7, 11) is 0. The van der Waals surface area contributed by atoms with E-state index in [9.17, 15) is 0 Å². The van der Waals surface area contributed by atoms with Crippen molar-refractivity contribution in [2.75, 3.05) is 0 Å². The lowest BCUT2D eigenvalue weighted by Crippen LogP contribution is -2.49. The number of hydrogen-bond acceptors (Lipinski definition) is 3. The largest absolute Gasteiger partial charge is 0.303 e. The molecule has 2 nitrogen and oxygen atoms in total. The Labute approximate surface area is 114 Å². The number of nitrogens with one attached hydrogen (secondary N) is 1. The SMILES string of the molecule is Cc1nc(C2(NC(C)C)CC3CCC2C3)sc1C. The molecule has 3 heteroatoms. The molecule has 1 aromatic rings. The Bertz CT molecular complexity index is 432. The number of hydrogen-bond donors (Lipinski definition) is 1. The molecule has 2 fully saturated rings. The van der Waals surface area contributed by atoms with Gasteiger partial charge in [-0.05, 0) is 58.8 Å². The third kappa shape index (κ3) is 1.83. The van der Waals surface area contributed by atoms with Crippen LogP contribution < -0.4 is 5.32 Å². The van der Waals surface area contributed by atoms with Crippen LogP contribution in [0.15, 0.2) is 0 Å². The Hall–Kier alpha value is -0.410. The summed E-state index contributed by atoms with van der Waals surface area (Å²) < 4.78 is 0. The van der Waals surface area contributed by atoms with Gasteiger partial charge in [0.2, 0.25) is 0 Å². The van der Waals surface area contributed by atoms with Gasteiger partial charge in [0.15, 0.2) is 0 Å². The fourth-order valence-corrected chi connectivity index (χ4v) is 5.17. The van der Waals surface area contributed by atoms with Gasteiger partial charge in [0, 0.05) is 10.9 Å². The molecule has 0 amide bonds. The van der Waals surface area contributed by atoms with Gasteiger partial charge in [0.05, 0.1) is 11.2 Å².